The summed E-state index contributed by atoms with van der Waals surface area (Å²) in [5.41, 5.74) is 6.93. The lowest BCUT2D eigenvalue weighted by Gasteiger charge is -2.32. The highest BCUT2D eigenvalue weighted by Crippen LogP contribution is 2.41. The Hall–Kier alpha value is -3.78. The topological polar surface area (TPSA) is 79.9 Å². The number of rotatable bonds is 5. The predicted octanol–water partition coefficient (Wildman–Crippen LogP) is 4.71. The van der Waals surface area contributed by atoms with E-state index in [4.69, 9.17) is 19.4 Å². The standard InChI is InChI=1S/C27H28N6O2/c1-17-25(32(2)31-30-17)20-15-22-24(28-16-20)21-9-10-23(34-3)29-27(21)33(22)26(18-7-5-4-6-8-18)19-11-13-35-14-12-19/h4-10,15-16,19,26H,11-14H2,1-3H3/t26-/m1/s1. The van der Waals surface area contributed by atoms with Gasteiger partial charge in [0, 0.05) is 43.5 Å². The molecule has 0 bridgehead atoms. The normalized spacial score (nSPS) is 15.6. The van der Waals surface area contributed by atoms with E-state index in [-0.39, 0.29) is 6.04 Å². The summed E-state index contributed by atoms with van der Waals surface area (Å²) in [7, 11) is 3.57. The van der Waals surface area contributed by atoms with Crippen LogP contribution in [-0.2, 0) is 11.8 Å². The molecule has 0 N–H and O–H groups in total. The Kier molecular flexibility index (Phi) is 5.45. The number of fused-ring (bicyclic) bond motifs is 3. The van der Waals surface area contributed by atoms with Gasteiger partial charge < -0.3 is 14.0 Å². The Bertz CT molecular complexity index is 1480. The second kappa shape index (κ2) is 8.78. The van der Waals surface area contributed by atoms with Crippen molar-refractivity contribution >= 4 is 22.1 Å². The Morgan fingerprint density at radius 1 is 1.09 bits per heavy atom. The number of pyridine rings is 2. The molecule has 5 heterocycles. The number of methoxy groups -OCH3 is 1. The first-order valence-corrected chi connectivity index (χ1v) is 12.0. The molecule has 0 amide bonds. The zero-order chi connectivity index (χ0) is 23.9. The van der Waals surface area contributed by atoms with Crippen LogP contribution in [0.1, 0.15) is 30.1 Å². The van der Waals surface area contributed by atoms with Crippen LogP contribution in [0.5, 0.6) is 5.88 Å². The van der Waals surface area contributed by atoms with Crippen molar-refractivity contribution in [2.24, 2.45) is 13.0 Å². The van der Waals surface area contributed by atoms with Crippen LogP contribution >= 0.6 is 0 Å². The van der Waals surface area contributed by atoms with Crippen LogP contribution in [0.25, 0.3) is 33.3 Å². The average molecular weight is 469 g/mol. The largest absolute Gasteiger partial charge is 0.481 e. The molecular weight excluding hydrogens is 440 g/mol. The lowest BCUT2D eigenvalue weighted by Crippen LogP contribution is -2.27. The summed E-state index contributed by atoms with van der Waals surface area (Å²) in [6.07, 6.45) is 3.89. The smallest absolute Gasteiger partial charge is 0.214 e. The Balaban J connectivity index is 1.68. The molecule has 5 aromatic rings. The highest BCUT2D eigenvalue weighted by Gasteiger charge is 2.31. The summed E-state index contributed by atoms with van der Waals surface area (Å²) in [6, 6.07) is 17.0. The van der Waals surface area contributed by atoms with Crippen molar-refractivity contribution in [1.29, 1.82) is 0 Å². The number of hydrogen-bond donors (Lipinski definition) is 0. The van der Waals surface area contributed by atoms with Crippen molar-refractivity contribution in [3.63, 3.8) is 0 Å². The number of aromatic nitrogens is 6. The van der Waals surface area contributed by atoms with E-state index in [1.54, 1.807) is 11.8 Å². The maximum Gasteiger partial charge on any atom is 0.214 e. The van der Waals surface area contributed by atoms with Gasteiger partial charge in [-0.2, -0.15) is 4.98 Å². The van der Waals surface area contributed by atoms with E-state index in [2.05, 4.69) is 57.3 Å². The highest BCUT2D eigenvalue weighted by atomic mass is 16.5. The number of aryl methyl sites for hydroxylation is 2. The molecular formula is C27H28N6O2. The zero-order valence-electron chi connectivity index (χ0n) is 20.2. The van der Waals surface area contributed by atoms with Crippen LogP contribution in [-0.4, -0.2) is 49.9 Å². The maximum atomic E-state index is 5.74. The van der Waals surface area contributed by atoms with E-state index in [1.807, 2.05) is 26.2 Å². The molecule has 8 nitrogen and oxygen atoms in total. The molecule has 0 spiro atoms. The average Bonchev–Trinajstić information content (AvgIpc) is 3.41. The molecule has 1 fully saturated rings. The third-order valence-electron chi connectivity index (χ3n) is 7.07. The van der Waals surface area contributed by atoms with Crippen LogP contribution in [0.15, 0.2) is 54.7 Å². The Morgan fingerprint density at radius 2 is 1.89 bits per heavy atom. The number of nitrogens with zero attached hydrogens (tertiary/aromatic N) is 6. The van der Waals surface area contributed by atoms with E-state index in [9.17, 15) is 0 Å². The predicted molar refractivity (Wildman–Crippen MR) is 134 cm³/mol. The maximum absolute atomic E-state index is 5.74. The van der Waals surface area contributed by atoms with Crippen molar-refractivity contribution in [1.82, 2.24) is 29.5 Å². The van der Waals surface area contributed by atoms with E-state index in [0.717, 1.165) is 65.1 Å². The van der Waals surface area contributed by atoms with Crippen molar-refractivity contribution < 1.29 is 9.47 Å². The van der Waals surface area contributed by atoms with Crippen LogP contribution in [0.3, 0.4) is 0 Å². The Morgan fingerprint density at radius 3 is 2.60 bits per heavy atom. The summed E-state index contributed by atoms with van der Waals surface area (Å²) in [5, 5.41) is 9.47. The first-order valence-electron chi connectivity index (χ1n) is 12.0. The first-order chi connectivity index (χ1) is 17.2. The minimum Gasteiger partial charge on any atom is -0.481 e. The molecule has 0 radical (unpaired) electrons. The Labute approximate surface area is 203 Å². The van der Waals surface area contributed by atoms with Gasteiger partial charge in [0.1, 0.15) is 5.65 Å². The van der Waals surface area contributed by atoms with Gasteiger partial charge in [0.2, 0.25) is 5.88 Å². The molecule has 1 aliphatic rings. The lowest BCUT2D eigenvalue weighted by molar-refractivity contribution is 0.0552. The lowest BCUT2D eigenvalue weighted by atomic mass is 9.86. The van der Waals surface area contributed by atoms with Gasteiger partial charge in [-0.1, -0.05) is 35.5 Å². The quantitative estimate of drug-likeness (QED) is 0.372. The van der Waals surface area contributed by atoms with Crippen LogP contribution in [0, 0.1) is 12.8 Å². The molecule has 178 valence electrons. The number of benzene rings is 1. The van der Waals surface area contributed by atoms with Gasteiger partial charge in [-0.15, -0.1) is 5.10 Å². The summed E-state index contributed by atoms with van der Waals surface area (Å²) in [6.45, 7) is 3.51. The van der Waals surface area contributed by atoms with E-state index in [0.29, 0.717) is 11.8 Å². The number of ether oxygens (including phenoxy) is 2. The van der Waals surface area contributed by atoms with Gasteiger partial charge >= 0.3 is 0 Å². The van der Waals surface area contributed by atoms with Crippen molar-refractivity contribution in [2.45, 2.75) is 25.8 Å². The molecule has 0 aliphatic carbocycles. The summed E-state index contributed by atoms with van der Waals surface area (Å²) in [4.78, 5) is 9.89. The first kappa shape index (κ1) is 21.7. The fourth-order valence-electron chi connectivity index (χ4n) is 5.45. The van der Waals surface area contributed by atoms with E-state index >= 15 is 0 Å². The second-order valence-electron chi connectivity index (χ2n) is 9.14. The minimum absolute atomic E-state index is 0.0857. The van der Waals surface area contributed by atoms with Crippen LogP contribution in [0.4, 0.5) is 0 Å². The summed E-state index contributed by atoms with van der Waals surface area (Å²) >= 11 is 0. The molecule has 0 unspecified atom stereocenters. The molecule has 0 saturated carbocycles. The SMILES string of the molecule is COc1ccc2c3ncc(-c4c(C)nnn4C)cc3n([C@H](c3ccccc3)C3CCOCC3)c2n1. The van der Waals surface area contributed by atoms with Crippen molar-refractivity contribution in [2.75, 3.05) is 20.3 Å². The fourth-order valence-corrected chi connectivity index (χ4v) is 5.45. The summed E-state index contributed by atoms with van der Waals surface area (Å²) < 4.78 is 15.4. The fraction of sp³-hybridized carbons (Fsp3) is 0.333. The third kappa shape index (κ3) is 3.65. The van der Waals surface area contributed by atoms with Crippen molar-refractivity contribution in [3.05, 3.63) is 66.0 Å². The van der Waals surface area contributed by atoms with Gasteiger partial charge in [-0.3, -0.25) is 4.98 Å². The van der Waals surface area contributed by atoms with E-state index < -0.39 is 0 Å². The molecule has 1 aromatic carbocycles. The molecule has 8 heteroatoms. The van der Waals surface area contributed by atoms with Gasteiger partial charge in [0.15, 0.2) is 0 Å². The summed E-state index contributed by atoms with van der Waals surface area (Å²) in [5.74, 6) is 0.994. The monoisotopic (exact) mass is 468 g/mol. The minimum atomic E-state index is 0.0857. The number of hydrogen-bond acceptors (Lipinski definition) is 6. The van der Waals surface area contributed by atoms with Gasteiger partial charge in [-0.05, 0) is 43.4 Å². The second-order valence-corrected chi connectivity index (χ2v) is 9.14. The molecule has 1 saturated heterocycles. The van der Waals surface area contributed by atoms with Crippen LogP contribution < -0.4 is 4.74 Å². The van der Waals surface area contributed by atoms with Gasteiger partial charge in [-0.25, -0.2) is 4.68 Å². The zero-order valence-corrected chi connectivity index (χ0v) is 20.2. The highest BCUT2D eigenvalue weighted by molar-refractivity contribution is 6.05. The van der Waals surface area contributed by atoms with Gasteiger partial charge in [0.05, 0.1) is 35.6 Å². The molecule has 1 atom stereocenters. The molecule has 6 rings (SSSR count). The van der Waals surface area contributed by atoms with Crippen molar-refractivity contribution in [3.8, 4) is 17.1 Å². The van der Waals surface area contributed by atoms with Crippen LogP contribution in [0.2, 0.25) is 0 Å². The van der Waals surface area contributed by atoms with Gasteiger partial charge in [0.25, 0.3) is 0 Å². The molecule has 35 heavy (non-hydrogen) atoms. The molecule has 4 aromatic heterocycles. The molecule has 1 aliphatic heterocycles. The third-order valence-corrected chi connectivity index (χ3v) is 7.07. The van der Waals surface area contributed by atoms with E-state index in [1.165, 1.54) is 5.56 Å².